The Kier molecular flexibility index (Phi) is 5.45. The molecule has 0 radical (unpaired) electrons. The van der Waals surface area contributed by atoms with Crippen molar-refractivity contribution in [3.05, 3.63) is 0 Å². The van der Waals surface area contributed by atoms with Gasteiger partial charge in [-0.25, -0.2) is 4.79 Å². The summed E-state index contributed by atoms with van der Waals surface area (Å²) in [6.07, 6.45) is 4.22. The lowest BCUT2D eigenvalue weighted by Crippen LogP contribution is -2.48. The van der Waals surface area contributed by atoms with E-state index in [1.54, 1.807) is 4.90 Å². The molecule has 0 aromatic carbocycles. The molecule has 0 aromatic heterocycles. The molecule has 120 valence electrons. The van der Waals surface area contributed by atoms with Gasteiger partial charge in [-0.2, -0.15) is 0 Å². The molecule has 1 aliphatic carbocycles. The lowest BCUT2D eigenvalue weighted by molar-refractivity contribution is -0.137. The van der Waals surface area contributed by atoms with Crippen LogP contribution in [0.15, 0.2) is 0 Å². The van der Waals surface area contributed by atoms with Crippen molar-refractivity contribution in [2.24, 2.45) is 0 Å². The Morgan fingerprint density at radius 1 is 1.33 bits per heavy atom. The Balaban J connectivity index is 1.76. The number of nitrogens with zero attached hydrogens (tertiary/aromatic N) is 2. The molecule has 1 heterocycles. The summed E-state index contributed by atoms with van der Waals surface area (Å²) in [5.74, 6) is -0.810. The number of rotatable bonds is 7. The zero-order chi connectivity index (χ0) is 15.4. The van der Waals surface area contributed by atoms with Crippen molar-refractivity contribution in [3.63, 3.8) is 0 Å². The second-order valence-electron chi connectivity index (χ2n) is 6.45. The van der Waals surface area contributed by atoms with E-state index in [0.29, 0.717) is 13.0 Å². The van der Waals surface area contributed by atoms with Crippen LogP contribution in [0.25, 0.3) is 0 Å². The van der Waals surface area contributed by atoms with Crippen molar-refractivity contribution in [1.29, 1.82) is 0 Å². The monoisotopic (exact) mass is 297 g/mol. The average Bonchev–Trinajstić information content (AvgIpc) is 3.15. The van der Waals surface area contributed by atoms with E-state index in [9.17, 15) is 9.59 Å². The predicted molar refractivity (Wildman–Crippen MR) is 80.2 cm³/mol. The van der Waals surface area contributed by atoms with Gasteiger partial charge in [-0.3, -0.25) is 9.69 Å². The van der Waals surface area contributed by atoms with Gasteiger partial charge in [0.25, 0.3) is 0 Å². The standard InChI is InChI=1S/C15H27N3O3/c1-11(2)18(8-3-4-14(19)20)15(21)16-12-7-9-17(10-12)13-5-6-13/h11-13H,3-10H2,1-2H3,(H,16,21)(H,19,20). The van der Waals surface area contributed by atoms with Gasteiger partial charge >= 0.3 is 12.0 Å². The molecule has 21 heavy (non-hydrogen) atoms. The first-order valence-electron chi connectivity index (χ1n) is 8.00. The van der Waals surface area contributed by atoms with Crippen LogP contribution < -0.4 is 5.32 Å². The highest BCUT2D eigenvalue weighted by atomic mass is 16.4. The van der Waals surface area contributed by atoms with Crippen LogP contribution in [-0.2, 0) is 4.79 Å². The summed E-state index contributed by atoms with van der Waals surface area (Å²) in [7, 11) is 0. The van der Waals surface area contributed by atoms with Crippen molar-refractivity contribution in [1.82, 2.24) is 15.1 Å². The van der Waals surface area contributed by atoms with E-state index in [2.05, 4.69) is 10.2 Å². The minimum Gasteiger partial charge on any atom is -0.481 e. The molecule has 1 atom stereocenters. The summed E-state index contributed by atoms with van der Waals surface area (Å²) in [6, 6.07) is 1.01. The molecular weight excluding hydrogens is 270 g/mol. The van der Waals surface area contributed by atoms with Crippen molar-refractivity contribution in [2.45, 2.75) is 64.1 Å². The first-order valence-corrected chi connectivity index (χ1v) is 8.00. The third-order valence-corrected chi connectivity index (χ3v) is 4.28. The van der Waals surface area contributed by atoms with Crippen LogP contribution in [0.3, 0.4) is 0 Å². The maximum Gasteiger partial charge on any atom is 0.317 e. The summed E-state index contributed by atoms with van der Waals surface area (Å²) in [5, 5.41) is 11.8. The molecule has 0 bridgehead atoms. The highest BCUT2D eigenvalue weighted by Crippen LogP contribution is 2.29. The van der Waals surface area contributed by atoms with Crippen LogP contribution in [0, 0.1) is 0 Å². The molecule has 0 spiro atoms. The Hall–Kier alpha value is -1.30. The number of nitrogens with one attached hydrogen (secondary N) is 1. The van der Waals surface area contributed by atoms with Gasteiger partial charge in [0.05, 0.1) is 0 Å². The summed E-state index contributed by atoms with van der Waals surface area (Å²) < 4.78 is 0. The second-order valence-corrected chi connectivity index (χ2v) is 6.45. The Labute approximate surface area is 126 Å². The first kappa shape index (κ1) is 16.1. The first-order chi connectivity index (χ1) is 9.97. The number of carbonyl (C=O) groups excluding carboxylic acids is 1. The smallest absolute Gasteiger partial charge is 0.317 e. The van der Waals surface area contributed by atoms with Crippen LogP contribution in [0.5, 0.6) is 0 Å². The van der Waals surface area contributed by atoms with E-state index in [0.717, 1.165) is 25.6 Å². The largest absolute Gasteiger partial charge is 0.481 e. The third kappa shape index (κ3) is 4.88. The molecular formula is C15H27N3O3. The summed E-state index contributed by atoms with van der Waals surface area (Å²) in [6.45, 7) is 6.46. The lowest BCUT2D eigenvalue weighted by atomic mass is 10.2. The minimum absolute atomic E-state index is 0.0574. The van der Waals surface area contributed by atoms with Gasteiger partial charge in [0.2, 0.25) is 0 Å². The van der Waals surface area contributed by atoms with Gasteiger partial charge in [0, 0.05) is 44.2 Å². The number of urea groups is 1. The van der Waals surface area contributed by atoms with Gasteiger partial charge < -0.3 is 15.3 Å². The maximum absolute atomic E-state index is 12.4. The van der Waals surface area contributed by atoms with Crippen molar-refractivity contribution >= 4 is 12.0 Å². The third-order valence-electron chi connectivity index (χ3n) is 4.28. The van der Waals surface area contributed by atoms with E-state index in [1.165, 1.54) is 12.8 Å². The number of carboxylic acids is 1. The molecule has 0 aromatic rings. The van der Waals surface area contributed by atoms with E-state index < -0.39 is 5.97 Å². The Morgan fingerprint density at radius 2 is 2.05 bits per heavy atom. The summed E-state index contributed by atoms with van der Waals surface area (Å²) in [5.41, 5.74) is 0. The number of amides is 2. The molecule has 2 aliphatic rings. The van der Waals surface area contributed by atoms with Gasteiger partial charge in [0.1, 0.15) is 0 Å². The fraction of sp³-hybridized carbons (Fsp3) is 0.867. The van der Waals surface area contributed by atoms with Crippen molar-refractivity contribution in [2.75, 3.05) is 19.6 Å². The topological polar surface area (TPSA) is 72.9 Å². The minimum atomic E-state index is -0.810. The fourth-order valence-electron chi connectivity index (χ4n) is 2.93. The molecule has 1 saturated carbocycles. The Morgan fingerprint density at radius 3 is 2.62 bits per heavy atom. The van der Waals surface area contributed by atoms with Crippen LogP contribution >= 0.6 is 0 Å². The number of likely N-dealkylation sites (tertiary alicyclic amines) is 1. The van der Waals surface area contributed by atoms with Crippen LogP contribution in [0.4, 0.5) is 4.79 Å². The average molecular weight is 297 g/mol. The van der Waals surface area contributed by atoms with Gasteiger partial charge in [-0.15, -0.1) is 0 Å². The van der Waals surface area contributed by atoms with E-state index >= 15 is 0 Å². The predicted octanol–water partition coefficient (Wildman–Crippen LogP) is 1.51. The quantitative estimate of drug-likeness (QED) is 0.747. The zero-order valence-corrected chi connectivity index (χ0v) is 13.0. The normalized spacial score (nSPS) is 22.5. The fourth-order valence-corrected chi connectivity index (χ4v) is 2.93. The van der Waals surface area contributed by atoms with Crippen LogP contribution in [0.2, 0.25) is 0 Å². The Bertz CT molecular complexity index is 382. The number of carboxylic acid groups (broad SMARTS) is 1. The van der Waals surface area contributed by atoms with E-state index in [4.69, 9.17) is 5.11 Å². The number of carbonyl (C=O) groups is 2. The van der Waals surface area contributed by atoms with Gasteiger partial charge in [0.15, 0.2) is 0 Å². The molecule has 1 aliphatic heterocycles. The number of hydrogen-bond donors (Lipinski definition) is 2. The summed E-state index contributed by atoms with van der Waals surface area (Å²) in [4.78, 5) is 27.1. The number of hydrogen-bond acceptors (Lipinski definition) is 3. The van der Waals surface area contributed by atoms with Crippen molar-refractivity contribution < 1.29 is 14.7 Å². The van der Waals surface area contributed by atoms with E-state index in [1.807, 2.05) is 13.8 Å². The molecule has 2 N–H and O–H groups in total. The SMILES string of the molecule is CC(C)N(CCCC(=O)O)C(=O)NC1CCN(C2CC2)C1. The lowest BCUT2D eigenvalue weighted by Gasteiger charge is -2.28. The second kappa shape index (κ2) is 7.11. The van der Waals surface area contributed by atoms with Crippen LogP contribution in [-0.4, -0.2) is 64.7 Å². The highest BCUT2D eigenvalue weighted by Gasteiger charge is 2.35. The molecule has 2 fully saturated rings. The van der Waals surface area contributed by atoms with Gasteiger partial charge in [-0.05, 0) is 39.5 Å². The molecule has 1 saturated heterocycles. The molecule has 6 nitrogen and oxygen atoms in total. The molecule has 1 unspecified atom stereocenters. The highest BCUT2D eigenvalue weighted by molar-refractivity contribution is 5.75. The maximum atomic E-state index is 12.4. The molecule has 6 heteroatoms. The number of aliphatic carboxylic acids is 1. The zero-order valence-electron chi connectivity index (χ0n) is 13.0. The molecule has 2 amide bonds. The van der Waals surface area contributed by atoms with Crippen molar-refractivity contribution in [3.8, 4) is 0 Å². The van der Waals surface area contributed by atoms with Gasteiger partial charge in [-0.1, -0.05) is 0 Å². The summed E-state index contributed by atoms with van der Waals surface area (Å²) >= 11 is 0. The molecule has 2 rings (SSSR count). The van der Waals surface area contributed by atoms with E-state index in [-0.39, 0.29) is 24.5 Å². The van der Waals surface area contributed by atoms with Crippen LogP contribution in [0.1, 0.15) is 46.0 Å².